The molecule has 0 bridgehead atoms. The first-order valence-electron chi connectivity index (χ1n) is 9.28. The van der Waals surface area contributed by atoms with Crippen LogP contribution in [0.4, 0.5) is 0 Å². The summed E-state index contributed by atoms with van der Waals surface area (Å²) in [5.74, 6) is 1.51. The van der Waals surface area contributed by atoms with Gasteiger partial charge in [-0.2, -0.15) is 0 Å². The molecule has 0 aliphatic carbocycles. The Hall–Kier alpha value is -2.50. The molecule has 5 nitrogen and oxygen atoms in total. The predicted molar refractivity (Wildman–Crippen MR) is 109 cm³/mol. The number of rotatable bonds is 4. The molecule has 28 heavy (non-hydrogen) atoms. The van der Waals surface area contributed by atoms with Crippen LogP contribution in [0, 0.1) is 6.92 Å². The van der Waals surface area contributed by atoms with Crippen LogP contribution in [0.1, 0.15) is 22.3 Å². The second-order valence-corrected chi connectivity index (χ2v) is 7.67. The summed E-state index contributed by atoms with van der Waals surface area (Å²) < 4.78 is 16.3. The van der Waals surface area contributed by atoms with Gasteiger partial charge in [0.05, 0.1) is 20.8 Å². The van der Waals surface area contributed by atoms with E-state index in [9.17, 15) is 4.79 Å². The number of fused-ring (bicyclic) bond motifs is 2. The van der Waals surface area contributed by atoms with Gasteiger partial charge in [0.15, 0.2) is 11.5 Å². The van der Waals surface area contributed by atoms with Crippen LogP contribution >= 0.6 is 11.6 Å². The lowest BCUT2D eigenvalue weighted by molar-refractivity contribution is -0.929. The minimum absolute atomic E-state index is 0.326. The van der Waals surface area contributed by atoms with Crippen molar-refractivity contribution in [3.63, 3.8) is 0 Å². The van der Waals surface area contributed by atoms with Gasteiger partial charge in [0.25, 0.3) is 0 Å². The Labute approximate surface area is 168 Å². The first kappa shape index (κ1) is 18.8. The van der Waals surface area contributed by atoms with Crippen LogP contribution in [0.15, 0.2) is 39.5 Å². The van der Waals surface area contributed by atoms with E-state index >= 15 is 0 Å². The molecular formula is C22H23ClNO4+. The number of methoxy groups -OCH3 is 2. The Bertz CT molecular complexity index is 1110. The summed E-state index contributed by atoms with van der Waals surface area (Å²) in [4.78, 5) is 13.4. The van der Waals surface area contributed by atoms with Crippen molar-refractivity contribution in [2.45, 2.75) is 26.4 Å². The summed E-state index contributed by atoms with van der Waals surface area (Å²) in [6.07, 6.45) is 0.949. The zero-order chi connectivity index (χ0) is 19.8. The number of aryl methyl sites for hydroxylation is 1. The van der Waals surface area contributed by atoms with E-state index in [1.807, 2.05) is 19.1 Å². The maximum absolute atomic E-state index is 12.1. The number of quaternary nitrogens is 1. The molecule has 0 saturated heterocycles. The van der Waals surface area contributed by atoms with E-state index in [-0.39, 0.29) is 5.63 Å². The molecule has 0 spiro atoms. The Morgan fingerprint density at radius 1 is 1.07 bits per heavy atom. The van der Waals surface area contributed by atoms with Crippen molar-refractivity contribution in [3.8, 4) is 11.5 Å². The second-order valence-electron chi connectivity index (χ2n) is 7.27. The number of hydrogen-bond donors (Lipinski definition) is 1. The van der Waals surface area contributed by atoms with Gasteiger partial charge in [0, 0.05) is 34.0 Å². The average molecular weight is 401 g/mol. The molecule has 1 aliphatic rings. The summed E-state index contributed by atoms with van der Waals surface area (Å²) in [5, 5.41) is 1.58. The van der Waals surface area contributed by atoms with Crippen LogP contribution in [0.3, 0.4) is 0 Å². The lowest BCUT2D eigenvalue weighted by atomic mass is 9.98. The fraction of sp³-hybridized carbons (Fsp3) is 0.318. The van der Waals surface area contributed by atoms with Gasteiger partial charge in [0.1, 0.15) is 18.7 Å². The summed E-state index contributed by atoms with van der Waals surface area (Å²) in [7, 11) is 3.31. The Morgan fingerprint density at radius 3 is 2.50 bits per heavy atom. The standard InChI is InChI=1S/C22H22ClNO4/c1-13-6-19-17(10-18(13)23)16(9-22(25)28-19)12-24-5-4-14-7-20(26-2)21(27-3)8-15(14)11-24/h6-10H,4-5,11-12H2,1-3H3/p+1. The summed E-state index contributed by atoms with van der Waals surface area (Å²) in [6.45, 7) is 4.47. The molecule has 6 heteroatoms. The highest BCUT2D eigenvalue weighted by atomic mass is 35.5. The Kier molecular flexibility index (Phi) is 5.04. The third-order valence-electron chi connectivity index (χ3n) is 5.44. The minimum atomic E-state index is -0.326. The van der Waals surface area contributed by atoms with Gasteiger partial charge >= 0.3 is 5.63 Å². The zero-order valence-corrected chi connectivity index (χ0v) is 17.0. The fourth-order valence-electron chi connectivity index (χ4n) is 3.94. The number of ether oxygens (including phenoxy) is 2. The first-order valence-corrected chi connectivity index (χ1v) is 9.66. The van der Waals surface area contributed by atoms with Gasteiger partial charge in [-0.05, 0) is 42.3 Å². The van der Waals surface area contributed by atoms with Gasteiger partial charge in [-0.3, -0.25) is 0 Å². The number of halogens is 1. The molecular weight excluding hydrogens is 378 g/mol. The van der Waals surface area contributed by atoms with Gasteiger partial charge in [-0.1, -0.05) is 11.6 Å². The molecule has 0 fully saturated rings. The largest absolute Gasteiger partial charge is 0.493 e. The molecule has 1 N–H and O–H groups in total. The minimum Gasteiger partial charge on any atom is -0.493 e. The zero-order valence-electron chi connectivity index (χ0n) is 16.2. The molecule has 2 heterocycles. The lowest BCUT2D eigenvalue weighted by Gasteiger charge is -2.27. The number of nitrogens with one attached hydrogen (secondary N) is 1. The lowest BCUT2D eigenvalue weighted by Crippen LogP contribution is -3.10. The highest BCUT2D eigenvalue weighted by molar-refractivity contribution is 6.32. The van der Waals surface area contributed by atoms with E-state index in [4.69, 9.17) is 25.5 Å². The molecule has 1 atom stereocenters. The fourth-order valence-corrected chi connectivity index (χ4v) is 4.11. The van der Waals surface area contributed by atoms with Crippen LogP contribution < -0.4 is 20.0 Å². The average Bonchev–Trinajstić information content (AvgIpc) is 2.68. The van der Waals surface area contributed by atoms with Crippen molar-refractivity contribution < 1.29 is 18.8 Å². The monoisotopic (exact) mass is 400 g/mol. The molecule has 2 aromatic carbocycles. The summed E-state index contributed by atoms with van der Waals surface area (Å²) >= 11 is 6.32. The van der Waals surface area contributed by atoms with Crippen molar-refractivity contribution in [2.24, 2.45) is 0 Å². The molecule has 0 radical (unpaired) electrons. The molecule has 4 rings (SSSR count). The molecule has 1 aromatic heterocycles. The molecule has 1 aliphatic heterocycles. The third kappa shape index (κ3) is 3.48. The van der Waals surface area contributed by atoms with E-state index in [1.54, 1.807) is 20.3 Å². The third-order valence-corrected chi connectivity index (χ3v) is 5.85. The highest BCUT2D eigenvalue weighted by Crippen LogP contribution is 2.31. The van der Waals surface area contributed by atoms with Crippen molar-refractivity contribution in [1.82, 2.24) is 0 Å². The van der Waals surface area contributed by atoms with Crippen molar-refractivity contribution in [1.29, 1.82) is 0 Å². The van der Waals surface area contributed by atoms with E-state index < -0.39 is 0 Å². The molecule has 0 saturated carbocycles. The molecule has 3 aromatic rings. The normalized spacial score (nSPS) is 16.1. The van der Waals surface area contributed by atoms with Crippen LogP contribution in [0.5, 0.6) is 11.5 Å². The van der Waals surface area contributed by atoms with Gasteiger partial charge in [0.2, 0.25) is 0 Å². The highest BCUT2D eigenvalue weighted by Gasteiger charge is 2.23. The van der Waals surface area contributed by atoms with Crippen LogP contribution in [-0.2, 0) is 19.5 Å². The van der Waals surface area contributed by atoms with E-state index in [0.717, 1.165) is 54.1 Å². The summed E-state index contributed by atoms with van der Waals surface area (Å²) in [5.41, 5.74) is 4.67. The topological polar surface area (TPSA) is 53.1 Å². The number of benzene rings is 2. The molecule has 1 unspecified atom stereocenters. The first-order chi connectivity index (χ1) is 13.5. The number of hydrogen-bond acceptors (Lipinski definition) is 4. The Morgan fingerprint density at radius 2 is 1.79 bits per heavy atom. The van der Waals surface area contributed by atoms with Crippen LogP contribution in [0.25, 0.3) is 11.0 Å². The van der Waals surface area contributed by atoms with E-state index in [0.29, 0.717) is 10.6 Å². The predicted octanol–water partition coefficient (Wildman–Crippen LogP) is 2.91. The van der Waals surface area contributed by atoms with Gasteiger partial charge in [-0.15, -0.1) is 0 Å². The van der Waals surface area contributed by atoms with Gasteiger partial charge < -0.3 is 18.8 Å². The van der Waals surface area contributed by atoms with Crippen LogP contribution in [0.2, 0.25) is 5.02 Å². The maximum atomic E-state index is 12.1. The van der Waals surface area contributed by atoms with Crippen LogP contribution in [-0.4, -0.2) is 20.8 Å². The maximum Gasteiger partial charge on any atom is 0.336 e. The van der Waals surface area contributed by atoms with E-state index in [1.165, 1.54) is 16.0 Å². The quantitative estimate of drug-likeness (QED) is 0.684. The summed E-state index contributed by atoms with van der Waals surface area (Å²) in [6, 6.07) is 9.45. The van der Waals surface area contributed by atoms with Crippen molar-refractivity contribution in [3.05, 3.63) is 68.0 Å². The van der Waals surface area contributed by atoms with Crippen molar-refractivity contribution >= 4 is 22.6 Å². The van der Waals surface area contributed by atoms with Crippen molar-refractivity contribution in [2.75, 3.05) is 20.8 Å². The smallest absolute Gasteiger partial charge is 0.336 e. The second kappa shape index (κ2) is 7.49. The molecule has 146 valence electrons. The van der Waals surface area contributed by atoms with Gasteiger partial charge in [-0.25, -0.2) is 4.79 Å². The Balaban J connectivity index is 1.66. The molecule has 0 amide bonds. The SMILES string of the molecule is COc1cc2c(cc1OC)C[NH+](Cc1cc(=O)oc3cc(C)c(Cl)cc13)CC2. The van der Waals surface area contributed by atoms with E-state index in [2.05, 4.69) is 12.1 Å².